The summed E-state index contributed by atoms with van der Waals surface area (Å²) in [6, 6.07) is 1.65. The standard InChI is InChI=1S/C13H14BrN3O3/c1-7-6-10(14)19-11(7)13(18)17-5-3-4-9(17)12-15-8(2)20-16-12/h6,9H,3-5H2,1-2H3. The van der Waals surface area contributed by atoms with Crippen molar-refractivity contribution in [1.82, 2.24) is 15.0 Å². The Morgan fingerprint density at radius 2 is 2.30 bits per heavy atom. The van der Waals surface area contributed by atoms with E-state index in [4.69, 9.17) is 8.94 Å². The number of hydrogen-bond donors (Lipinski definition) is 0. The SMILES string of the molecule is Cc1nc(C2CCCN2C(=O)c2oc(Br)cc2C)no1. The zero-order valence-corrected chi connectivity index (χ0v) is 12.8. The highest BCUT2D eigenvalue weighted by atomic mass is 79.9. The molecule has 0 aliphatic carbocycles. The van der Waals surface area contributed by atoms with Crippen LogP contribution in [-0.4, -0.2) is 27.5 Å². The third-order valence-electron chi connectivity index (χ3n) is 3.44. The normalized spacial score (nSPS) is 18.8. The van der Waals surface area contributed by atoms with Crippen LogP contribution in [0.1, 0.15) is 46.7 Å². The summed E-state index contributed by atoms with van der Waals surface area (Å²) in [5, 5.41) is 3.93. The molecular weight excluding hydrogens is 326 g/mol. The van der Waals surface area contributed by atoms with Crippen molar-refractivity contribution in [2.45, 2.75) is 32.7 Å². The summed E-state index contributed by atoms with van der Waals surface area (Å²) in [6.07, 6.45) is 1.76. The van der Waals surface area contributed by atoms with E-state index in [1.54, 1.807) is 17.9 Å². The lowest BCUT2D eigenvalue weighted by Crippen LogP contribution is -2.31. The van der Waals surface area contributed by atoms with Crippen LogP contribution in [0.3, 0.4) is 0 Å². The van der Waals surface area contributed by atoms with Gasteiger partial charge in [-0.3, -0.25) is 4.79 Å². The highest BCUT2D eigenvalue weighted by Gasteiger charge is 2.35. The molecule has 1 fully saturated rings. The van der Waals surface area contributed by atoms with Gasteiger partial charge in [0.05, 0.1) is 6.04 Å². The minimum absolute atomic E-state index is 0.127. The van der Waals surface area contributed by atoms with Crippen molar-refractivity contribution in [2.24, 2.45) is 0 Å². The number of aromatic nitrogens is 2. The van der Waals surface area contributed by atoms with Crippen LogP contribution in [0.5, 0.6) is 0 Å². The van der Waals surface area contributed by atoms with Crippen LogP contribution in [0, 0.1) is 13.8 Å². The average Bonchev–Trinajstić information content (AvgIpc) is 3.08. The number of hydrogen-bond acceptors (Lipinski definition) is 5. The second kappa shape index (κ2) is 5.05. The summed E-state index contributed by atoms with van der Waals surface area (Å²) in [4.78, 5) is 18.6. The summed E-state index contributed by atoms with van der Waals surface area (Å²) < 4.78 is 11.0. The molecule has 0 radical (unpaired) electrons. The van der Waals surface area contributed by atoms with Gasteiger partial charge in [0.1, 0.15) is 0 Å². The second-order valence-corrected chi connectivity index (χ2v) is 5.67. The predicted octanol–water partition coefficient (Wildman–Crippen LogP) is 3.02. The molecule has 1 unspecified atom stereocenters. The van der Waals surface area contributed by atoms with Gasteiger partial charge in [-0.15, -0.1) is 0 Å². The van der Waals surface area contributed by atoms with Crippen molar-refractivity contribution in [2.75, 3.05) is 6.54 Å². The molecule has 20 heavy (non-hydrogen) atoms. The molecular formula is C13H14BrN3O3. The number of nitrogens with zero attached hydrogens (tertiary/aromatic N) is 3. The zero-order valence-electron chi connectivity index (χ0n) is 11.2. The fraction of sp³-hybridized carbons (Fsp3) is 0.462. The third-order valence-corrected chi connectivity index (χ3v) is 3.83. The van der Waals surface area contributed by atoms with Gasteiger partial charge < -0.3 is 13.8 Å². The van der Waals surface area contributed by atoms with Crippen molar-refractivity contribution >= 4 is 21.8 Å². The summed E-state index contributed by atoms with van der Waals surface area (Å²) in [6.45, 7) is 4.27. The number of carbonyl (C=O) groups excluding carboxylic acids is 1. The first-order valence-electron chi connectivity index (χ1n) is 6.43. The van der Waals surface area contributed by atoms with E-state index in [9.17, 15) is 4.79 Å². The van der Waals surface area contributed by atoms with Crippen molar-refractivity contribution in [3.63, 3.8) is 0 Å². The first-order chi connectivity index (χ1) is 9.56. The van der Waals surface area contributed by atoms with Crippen molar-refractivity contribution in [3.05, 3.63) is 33.8 Å². The highest BCUT2D eigenvalue weighted by Crippen LogP contribution is 2.33. The molecule has 0 aromatic carbocycles. The Labute approximate surface area is 124 Å². The quantitative estimate of drug-likeness (QED) is 0.840. The molecule has 1 aliphatic rings. The number of carbonyl (C=O) groups is 1. The van der Waals surface area contributed by atoms with Crippen LogP contribution >= 0.6 is 15.9 Å². The van der Waals surface area contributed by atoms with Gasteiger partial charge in [0.2, 0.25) is 5.89 Å². The maximum Gasteiger partial charge on any atom is 0.290 e. The number of rotatable bonds is 2. The Morgan fingerprint density at radius 3 is 2.90 bits per heavy atom. The Kier molecular flexibility index (Phi) is 3.37. The van der Waals surface area contributed by atoms with E-state index in [1.165, 1.54) is 0 Å². The topological polar surface area (TPSA) is 72.4 Å². The number of amides is 1. The van der Waals surface area contributed by atoms with E-state index in [0.717, 1.165) is 18.4 Å². The van der Waals surface area contributed by atoms with E-state index >= 15 is 0 Å². The minimum atomic E-state index is -0.136. The molecule has 1 atom stereocenters. The molecule has 3 rings (SSSR count). The Morgan fingerprint density at radius 1 is 1.50 bits per heavy atom. The van der Waals surface area contributed by atoms with Crippen molar-refractivity contribution in [3.8, 4) is 0 Å². The predicted molar refractivity (Wildman–Crippen MR) is 73.2 cm³/mol. The fourth-order valence-electron chi connectivity index (χ4n) is 2.51. The zero-order chi connectivity index (χ0) is 14.3. The maximum absolute atomic E-state index is 12.6. The summed E-state index contributed by atoms with van der Waals surface area (Å²) >= 11 is 3.25. The van der Waals surface area contributed by atoms with Gasteiger partial charge in [-0.1, -0.05) is 5.16 Å². The van der Waals surface area contributed by atoms with E-state index in [2.05, 4.69) is 26.1 Å². The second-order valence-electron chi connectivity index (χ2n) is 4.89. The minimum Gasteiger partial charge on any atom is -0.444 e. The molecule has 1 saturated heterocycles. The van der Waals surface area contributed by atoms with Gasteiger partial charge in [0.15, 0.2) is 16.3 Å². The molecule has 2 aromatic rings. The van der Waals surface area contributed by atoms with Crippen LogP contribution in [0.25, 0.3) is 0 Å². The number of furan rings is 1. The molecule has 0 saturated carbocycles. The van der Waals surface area contributed by atoms with Gasteiger partial charge >= 0.3 is 0 Å². The fourth-order valence-corrected chi connectivity index (χ4v) is 3.02. The Balaban J connectivity index is 1.89. The Bertz CT molecular complexity index is 649. The molecule has 0 N–H and O–H groups in total. The van der Waals surface area contributed by atoms with E-state index in [-0.39, 0.29) is 11.9 Å². The molecule has 6 nitrogen and oxygen atoms in total. The maximum atomic E-state index is 12.6. The summed E-state index contributed by atoms with van der Waals surface area (Å²) in [5.41, 5.74) is 0.816. The molecule has 7 heteroatoms. The van der Waals surface area contributed by atoms with Gasteiger partial charge in [-0.25, -0.2) is 0 Å². The van der Waals surface area contributed by atoms with Crippen LogP contribution in [0.15, 0.2) is 19.7 Å². The third kappa shape index (κ3) is 2.26. The van der Waals surface area contributed by atoms with Crippen molar-refractivity contribution < 1.29 is 13.7 Å². The van der Waals surface area contributed by atoms with E-state index < -0.39 is 0 Å². The summed E-state index contributed by atoms with van der Waals surface area (Å²) in [7, 11) is 0. The molecule has 0 spiro atoms. The van der Waals surface area contributed by atoms with Gasteiger partial charge in [0.25, 0.3) is 5.91 Å². The molecule has 1 amide bonds. The lowest BCUT2D eigenvalue weighted by Gasteiger charge is -2.21. The molecule has 106 valence electrons. The van der Waals surface area contributed by atoms with Gasteiger partial charge in [-0.05, 0) is 41.8 Å². The lowest BCUT2D eigenvalue weighted by molar-refractivity contribution is 0.0693. The van der Waals surface area contributed by atoms with E-state index in [1.807, 2.05) is 6.92 Å². The smallest absolute Gasteiger partial charge is 0.290 e. The van der Waals surface area contributed by atoms with Crippen LogP contribution in [0.2, 0.25) is 0 Å². The molecule has 2 aromatic heterocycles. The van der Waals surface area contributed by atoms with Crippen LogP contribution in [0.4, 0.5) is 0 Å². The first-order valence-corrected chi connectivity index (χ1v) is 7.22. The molecule has 3 heterocycles. The van der Waals surface area contributed by atoms with Crippen LogP contribution < -0.4 is 0 Å². The number of aryl methyl sites for hydroxylation is 2. The summed E-state index contributed by atoms with van der Waals surface area (Å²) in [5.74, 6) is 1.31. The number of halogens is 1. The van der Waals surface area contributed by atoms with Crippen LogP contribution in [-0.2, 0) is 0 Å². The van der Waals surface area contributed by atoms with Gasteiger partial charge in [0, 0.05) is 19.0 Å². The Hall–Kier alpha value is -1.63. The van der Waals surface area contributed by atoms with Gasteiger partial charge in [-0.2, -0.15) is 4.98 Å². The number of likely N-dealkylation sites (tertiary alicyclic amines) is 1. The lowest BCUT2D eigenvalue weighted by atomic mass is 10.2. The molecule has 1 aliphatic heterocycles. The highest BCUT2D eigenvalue weighted by molar-refractivity contribution is 9.10. The molecule has 0 bridgehead atoms. The first kappa shape index (κ1) is 13.4. The monoisotopic (exact) mass is 339 g/mol. The van der Waals surface area contributed by atoms with Crippen molar-refractivity contribution in [1.29, 1.82) is 0 Å². The van der Waals surface area contributed by atoms with E-state index in [0.29, 0.717) is 28.7 Å². The largest absolute Gasteiger partial charge is 0.444 e. The average molecular weight is 340 g/mol.